The largest absolute Gasteiger partial charge is 0.469 e. The van der Waals surface area contributed by atoms with Gasteiger partial charge in [0, 0.05) is 12.6 Å². The number of benzene rings is 2. The van der Waals surface area contributed by atoms with Gasteiger partial charge in [0.05, 0.1) is 13.0 Å². The highest BCUT2D eigenvalue weighted by atomic mass is 16.6. The first-order chi connectivity index (χ1) is 19.5. The Morgan fingerprint density at radius 2 is 1.46 bits per heavy atom. The van der Waals surface area contributed by atoms with Crippen molar-refractivity contribution in [2.45, 2.75) is 91.0 Å². The Labute approximate surface area is 245 Å². The first kappa shape index (κ1) is 33.8. The van der Waals surface area contributed by atoms with Gasteiger partial charge in [-0.15, -0.1) is 0 Å². The van der Waals surface area contributed by atoms with Crippen LogP contribution in [-0.2, 0) is 36.8 Å². The van der Waals surface area contributed by atoms with Gasteiger partial charge in [0.25, 0.3) is 0 Å². The lowest BCUT2D eigenvalue weighted by atomic mass is 9.91. The molecule has 0 aliphatic rings. The molecule has 2 N–H and O–H groups in total. The highest BCUT2D eigenvalue weighted by Gasteiger charge is 2.26. The molecule has 0 spiro atoms. The SMILES string of the molecule is COC(=O)[C@@H](CCCC(CNC(=O)OC(C)(C)C)N[C@@H](Cc1ccccc1)C(=O)OCc1ccccc1)CC(C)C. The maximum atomic E-state index is 13.4. The Hall–Kier alpha value is -3.39. The molecule has 0 bridgehead atoms. The minimum Gasteiger partial charge on any atom is -0.469 e. The number of carbonyl (C=O) groups is 3. The molecule has 3 atom stereocenters. The number of ether oxygens (including phenoxy) is 3. The summed E-state index contributed by atoms with van der Waals surface area (Å²) in [5, 5.41) is 6.30. The summed E-state index contributed by atoms with van der Waals surface area (Å²) in [7, 11) is 1.42. The van der Waals surface area contributed by atoms with Crippen LogP contribution in [0.25, 0.3) is 0 Å². The van der Waals surface area contributed by atoms with Gasteiger partial charge in [0.1, 0.15) is 18.2 Å². The van der Waals surface area contributed by atoms with E-state index in [1.807, 2.05) is 81.4 Å². The second-order valence-electron chi connectivity index (χ2n) is 11.9. The lowest BCUT2D eigenvalue weighted by Crippen LogP contribution is -2.50. The molecule has 226 valence electrons. The summed E-state index contributed by atoms with van der Waals surface area (Å²) in [5.74, 6) is -0.416. The fourth-order valence-corrected chi connectivity index (χ4v) is 4.62. The Balaban J connectivity index is 2.17. The quantitative estimate of drug-likeness (QED) is 0.194. The zero-order valence-electron chi connectivity index (χ0n) is 25.5. The summed E-state index contributed by atoms with van der Waals surface area (Å²) in [4.78, 5) is 38.2. The molecule has 0 saturated carbocycles. The van der Waals surface area contributed by atoms with Gasteiger partial charge in [-0.1, -0.05) is 80.9 Å². The van der Waals surface area contributed by atoms with Crippen molar-refractivity contribution in [1.82, 2.24) is 10.6 Å². The van der Waals surface area contributed by atoms with Crippen LogP contribution >= 0.6 is 0 Å². The van der Waals surface area contributed by atoms with E-state index in [1.54, 1.807) is 0 Å². The summed E-state index contributed by atoms with van der Waals surface area (Å²) < 4.78 is 16.2. The molecule has 0 heterocycles. The van der Waals surface area contributed by atoms with Crippen LogP contribution in [0.2, 0.25) is 0 Å². The third kappa shape index (κ3) is 14.2. The lowest BCUT2D eigenvalue weighted by Gasteiger charge is -2.27. The fraction of sp³-hybridized carbons (Fsp3) is 0.545. The normalized spacial score (nSPS) is 13.6. The van der Waals surface area contributed by atoms with E-state index < -0.39 is 17.7 Å². The van der Waals surface area contributed by atoms with Gasteiger partial charge in [-0.3, -0.25) is 14.9 Å². The number of carbonyl (C=O) groups excluding carboxylic acids is 3. The van der Waals surface area contributed by atoms with E-state index in [-0.39, 0.29) is 37.0 Å². The van der Waals surface area contributed by atoms with Crippen LogP contribution in [0.15, 0.2) is 60.7 Å². The minimum atomic E-state index is -0.640. The molecule has 8 heteroatoms. The van der Waals surface area contributed by atoms with Gasteiger partial charge < -0.3 is 19.5 Å². The van der Waals surface area contributed by atoms with E-state index in [9.17, 15) is 14.4 Å². The number of esters is 2. The molecule has 2 aromatic carbocycles. The van der Waals surface area contributed by atoms with Crippen LogP contribution in [0.1, 0.15) is 71.4 Å². The molecule has 0 aromatic heterocycles. The number of rotatable bonds is 16. The lowest BCUT2D eigenvalue weighted by molar-refractivity contribution is -0.148. The van der Waals surface area contributed by atoms with Crippen LogP contribution in [-0.4, -0.2) is 49.4 Å². The van der Waals surface area contributed by atoms with E-state index in [1.165, 1.54) is 7.11 Å². The van der Waals surface area contributed by atoms with Crippen molar-refractivity contribution < 1.29 is 28.6 Å². The molecule has 0 saturated heterocycles. The van der Waals surface area contributed by atoms with Gasteiger partial charge in [-0.05, 0) is 63.5 Å². The molecule has 1 amide bonds. The smallest absolute Gasteiger partial charge is 0.407 e. The molecule has 2 rings (SSSR count). The molecule has 41 heavy (non-hydrogen) atoms. The number of alkyl carbamates (subject to hydrolysis) is 1. The van der Waals surface area contributed by atoms with Crippen molar-refractivity contribution in [2.75, 3.05) is 13.7 Å². The van der Waals surface area contributed by atoms with Crippen LogP contribution in [0.5, 0.6) is 0 Å². The predicted octanol–water partition coefficient (Wildman–Crippen LogP) is 5.83. The molecule has 0 fully saturated rings. The molecular weight excluding hydrogens is 520 g/mol. The van der Waals surface area contributed by atoms with Gasteiger partial charge >= 0.3 is 18.0 Å². The maximum Gasteiger partial charge on any atom is 0.407 e. The van der Waals surface area contributed by atoms with Crippen molar-refractivity contribution in [3.63, 3.8) is 0 Å². The van der Waals surface area contributed by atoms with Crippen LogP contribution in [0.4, 0.5) is 4.79 Å². The minimum absolute atomic E-state index is 0.170. The first-order valence-corrected chi connectivity index (χ1v) is 14.5. The number of nitrogens with one attached hydrogen (secondary N) is 2. The summed E-state index contributed by atoms with van der Waals surface area (Å²) in [5.41, 5.74) is 1.26. The number of amides is 1. The maximum absolute atomic E-state index is 13.4. The Morgan fingerprint density at radius 3 is 2.02 bits per heavy atom. The van der Waals surface area contributed by atoms with Crippen molar-refractivity contribution in [3.05, 3.63) is 71.8 Å². The Morgan fingerprint density at radius 1 is 0.854 bits per heavy atom. The van der Waals surface area contributed by atoms with E-state index in [4.69, 9.17) is 14.2 Å². The summed E-state index contributed by atoms with van der Waals surface area (Å²) in [6.45, 7) is 10.0. The fourth-order valence-electron chi connectivity index (χ4n) is 4.62. The van der Waals surface area contributed by atoms with E-state index in [2.05, 4.69) is 24.5 Å². The molecule has 2 aromatic rings. The molecule has 0 aliphatic heterocycles. The predicted molar refractivity (Wildman–Crippen MR) is 160 cm³/mol. The van der Waals surface area contributed by atoms with Crippen molar-refractivity contribution >= 4 is 18.0 Å². The highest BCUT2D eigenvalue weighted by molar-refractivity contribution is 5.76. The number of hydrogen-bond donors (Lipinski definition) is 2. The summed E-state index contributed by atoms with van der Waals surface area (Å²) in [6, 6.07) is 18.4. The van der Waals surface area contributed by atoms with Crippen LogP contribution in [0.3, 0.4) is 0 Å². The monoisotopic (exact) mass is 568 g/mol. The first-order valence-electron chi connectivity index (χ1n) is 14.5. The third-order valence-electron chi connectivity index (χ3n) is 6.52. The summed E-state index contributed by atoms with van der Waals surface area (Å²) in [6.07, 6.45) is 2.62. The molecule has 1 unspecified atom stereocenters. The second kappa shape index (κ2) is 17.4. The highest BCUT2D eigenvalue weighted by Crippen LogP contribution is 2.21. The average Bonchev–Trinajstić information content (AvgIpc) is 2.93. The van der Waals surface area contributed by atoms with Gasteiger partial charge in [-0.25, -0.2) is 4.79 Å². The second-order valence-corrected chi connectivity index (χ2v) is 11.9. The van der Waals surface area contributed by atoms with Gasteiger partial charge in [0.2, 0.25) is 0 Å². The van der Waals surface area contributed by atoms with E-state index in [0.29, 0.717) is 31.6 Å². The van der Waals surface area contributed by atoms with Gasteiger partial charge in [0.15, 0.2) is 0 Å². The molecule has 8 nitrogen and oxygen atoms in total. The van der Waals surface area contributed by atoms with Crippen LogP contribution in [0, 0.1) is 11.8 Å². The van der Waals surface area contributed by atoms with Crippen LogP contribution < -0.4 is 10.6 Å². The van der Waals surface area contributed by atoms with Crippen molar-refractivity contribution in [2.24, 2.45) is 11.8 Å². The summed E-state index contributed by atoms with van der Waals surface area (Å²) >= 11 is 0. The topological polar surface area (TPSA) is 103 Å². The third-order valence-corrected chi connectivity index (χ3v) is 6.52. The molecule has 0 aliphatic carbocycles. The average molecular weight is 569 g/mol. The van der Waals surface area contributed by atoms with Crippen molar-refractivity contribution in [3.8, 4) is 0 Å². The number of methoxy groups -OCH3 is 1. The van der Waals surface area contributed by atoms with Crippen molar-refractivity contribution in [1.29, 1.82) is 0 Å². The van der Waals surface area contributed by atoms with Gasteiger partial charge in [-0.2, -0.15) is 0 Å². The Bertz CT molecular complexity index is 1050. The Kier molecular flexibility index (Phi) is 14.4. The zero-order valence-corrected chi connectivity index (χ0v) is 25.5. The van der Waals surface area contributed by atoms with E-state index in [0.717, 1.165) is 17.5 Å². The standard InChI is InChI=1S/C33H48N2O6/c1-24(2)20-27(30(36)39-6)18-13-19-28(22-34-32(38)41-33(3,4)5)35-29(21-25-14-9-7-10-15-25)31(37)40-23-26-16-11-8-12-17-26/h7-12,14-17,24,27-29,35H,13,18-23H2,1-6H3,(H,34,38)/t27-,28?,29-/m0/s1. The van der Waals surface area contributed by atoms with E-state index >= 15 is 0 Å². The zero-order chi connectivity index (χ0) is 30.3. The molecular formula is C33H48N2O6. The molecule has 0 radical (unpaired) electrons. The number of hydrogen-bond acceptors (Lipinski definition) is 7.